The summed E-state index contributed by atoms with van der Waals surface area (Å²) in [5, 5.41) is 2.45. The summed E-state index contributed by atoms with van der Waals surface area (Å²) >= 11 is 3.51. The molecule has 0 aliphatic carbocycles. The summed E-state index contributed by atoms with van der Waals surface area (Å²) in [6.45, 7) is 2.17. The van der Waals surface area contributed by atoms with Crippen LogP contribution in [0.1, 0.15) is 12.5 Å². The maximum atomic E-state index is 5.83. The second kappa shape index (κ2) is 3.63. The van der Waals surface area contributed by atoms with Crippen molar-refractivity contribution in [1.29, 1.82) is 0 Å². The Morgan fingerprint density at radius 2 is 2.00 bits per heavy atom. The molecule has 0 spiro atoms. The van der Waals surface area contributed by atoms with Crippen LogP contribution in [0.5, 0.6) is 0 Å². The molecule has 0 saturated heterocycles. The Labute approximate surface area is 102 Å². The van der Waals surface area contributed by atoms with Crippen LogP contribution in [0.15, 0.2) is 45.3 Å². The van der Waals surface area contributed by atoms with E-state index in [0.717, 1.165) is 22.1 Å². The van der Waals surface area contributed by atoms with Crippen LogP contribution < -0.4 is 0 Å². The fourth-order valence-corrected chi connectivity index (χ4v) is 2.53. The average Bonchev–Trinajstić information content (AvgIpc) is 2.66. The molecule has 0 fully saturated rings. The van der Waals surface area contributed by atoms with E-state index in [1.54, 1.807) is 0 Å². The van der Waals surface area contributed by atoms with E-state index in [2.05, 4.69) is 41.1 Å². The third-order valence-corrected chi connectivity index (χ3v) is 3.42. The molecule has 80 valence electrons. The van der Waals surface area contributed by atoms with Crippen molar-refractivity contribution >= 4 is 37.9 Å². The van der Waals surface area contributed by atoms with Gasteiger partial charge in [-0.15, -0.1) is 0 Å². The monoisotopic (exact) mass is 274 g/mol. The summed E-state index contributed by atoms with van der Waals surface area (Å²) in [7, 11) is 0. The second-order valence-corrected chi connectivity index (χ2v) is 4.80. The fourth-order valence-electron chi connectivity index (χ4n) is 2.17. The van der Waals surface area contributed by atoms with Gasteiger partial charge in [0.1, 0.15) is 11.2 Å². The Morgan fingerprint density at radius 1 is 1.12 bits per heavy atom. The molecular weight excluding hydrogens is 264 g/mol. The minimum atomic E-state index is 0.958. The summed E-state index contributed by atoms with van der Waals surface area (Å²) in [5.41, 5.74) is 3.28. The summed E-state index contributed by atoms with van der Waals surface area (Å²) in [4.78, 5) is 0. The molecule has 3 rings (SSSR count). The van der Waals surface area contributed by atoms with Crippen LogP contribution in [0.4, 0.5) is 0 Å². The van der Waals surface area contributed by atoms with Crippen molar-refractivity contribution in [3.63, 3.8) is 0 Å². The van der Waals surface area contributed by atoms with Gasteiger partial charge in [0, 0.05) is 15.2 Å². The van der Waals surface area contributed by atoms with Crippen molar-refractivity contribution < 1.29 is 4.42 Å². The number of hydrogen-bond acceptors (Lipinski definition) is 1. The SMILES string of the molecule is CCc1cccc2oc3ccc(Br)cc3c12. The molecule has 0 aliphatic heterocycles. The first-order valence-corrected chi connectivity index (χ1v) is 6.18. The summed E-state index contributed by atoms with van der Waals surface area (Å²) in [5.74, 6) is 0. The van der Waals surface area contributed by atoms with Gasteiger partial charge in [-0.25, -0.2) is 0 Å². The van der Waals surface area contributed by atoms with E-state index in [4.69, 9.17) is 4.42 Å². The van der Waals surface area contributed by atoms with Crippen molar-refractivity contribution in [2.45, 2.75) is 13.3 Å². The number of hydrogen-bond donors (Lipinski definition) is 0. The van der Waals surface area contributed by atoms with Gasteiger partial charge in [-0.05, 0) is 36.2 Å². The first kappa shape index (κ1) is 9.91. The number of rotatable bonds is 1. The lowest BCUT2D eigenvalue weighted by Gasteiger charge is -1.98. The molecule has 1 heterocycles. The molecular formula is C14H11BrO. The lowest BCUT2D eigenvalue weighted by atomic mass is 10.0. The number of aryl methyl sites for hydroxylation is 1. The lowest BCUT2D eigenvalue weighted by molar-refractivity contribution is 0.668. The molecule has 0 unspecified atom stereocenters. The zero-order valence-corrected chi connectivity index (χ0v) is 10.5. The number of benzene rings is 2. The molecule has 0 amide bonds. The molecule has 1 nitrogen and oxygen atoms in total. The highest BCUT2D eigenvalue weighted by atomic mass is 79.9. The smallest absolute Gasteiger partial charge is 0.135 e. The highest BCUT2D eigenvalue weighted by molar-refractivity contribution is 9.10. The van der Waals surface area contributed by atoms with Crippen LogP contribution in [0.25, 0.3) is 21.9 Å². The van der Waals surface area contributed by atoms with Gasteiger partial charge in [-0.3, -0.25) is 0 Å². The maximum Gasteiger partial charge on any atom is 0.135 e. The van der Waals surface area contributed by atoms with Crippen LogP contribution in [0, 0.1) is 0 Å². The number of halogens is 1. The van der Waals surface area contributed by atoms with Crippen molar-refractivity contribution in [1.82, 2.24) is 0 Å². The highest BCUT2D eigenvalue weighted by Crippen LogP contribution is 2.33. The molecule has 0 saturated carbocycles. The second-order valence-electron chi connectivity index (χ2n) is 3.89. The predicted molar refractivity (Wildman–Crippen MR) is 70.8 cm³/mol. The summed E-state index contributed by atoms with van der Waals surface area (Å²) < 4.78 is 6.92. The largest absolute Gasteiger partial charge is 0.456 e. The van der Waals surface area contributed by atoms with Gasteiger partial charge in [0.05, 0.1) is 0 Å². The number of furan rings is 1. The molecule has 3 aromatic rings. The van der Waals surface area contributed by atoms with E-state index >= 15 is 0 Å². The lowest BCUT2D eigenvalue weighted by Crippen LogP contribution is -1.80. The molecule has 0 bridgehead atoms. The molecule has 2 aromatic carbocycles. The van der Waals surface area contributed by atoms with Crippen molar-refractivity contribution in [3.8, 4) is 0 Å². The molecule has 0 radical (unpaired) electrons. The maximum absolute atomic E-state index is 5.83. The van der Waals surface area contributed by atoms with Gasteiger partial charge in [-0.1, -0.05) is 35.0 Å². The minimum absolute atomic E-state index is 0.958. The molecule has 16 heavy (non-hydrogen) atoms. The summed E-state index contributed by atoms with van der Waals surface area (Å²) in [6, 6.07) is 12.4. The fraction of sp³-hybridized carbons (Fsp3) is 0.143. The normalized spacial score (nSPS) is 11.4. The van der Waals surface area contributed by atoms with Crippen LogP contribution in [-0.4, -0.2) is 0 Å². The average molecular weight is 275 g/mol. The van der Waals surface area contributed by atoms with Gasteiger partial charge >= 0.3 is 0 Å². The minimum Gasteiger partial charge on any atom is -0.456 e. The molecule has 0 aliphatic rings. The first-order valence-electron chi connectivity index (χ1n) is 5.39. The third kappa shape index (κ3) is 1.37. The quantitative estimate of drug-likeness (QED) is 0.615. The van der Waals surface area contributed by atoms with Crippen LogP contribution in [0.3, 0.4) is 0 Å². The zero-order valence-electron chi connectivity index (χ0n) is 8.96. The highest BCUT2D eigenvalue weighted by Gasteiger charge is 2.09. The zero-order chi connectivity index (χ0) is 11.1. The molecule has 2 heteroatoms. The Balaban J connectivity index is 2.54. The van der Waals surface area contributed by atoms with Gasteiger partial charge < -0.3 is 4.42 Å². The first-order chi connectivity index (χ1) is 7.79. The van der Waals surface area contributed by atoms with Crippen molar-refractivity contribution in [3.05, 3.63) is 46.4 Å². The van der Waals surface area contributed by atoms with E-state index in [0.29, 0.717) is 0 Å². The Morgan fingerprint density at radius 3 is 2.81 bits per heavy atom. The number of fused-ring (bicyclic) bond motifs is 3. The van der Waals surface area contributed by atoms with Crippen LogP contribution >= 0.6 is 15.9 Å². The van der Waals surface area contributed by atoms with E-state index < -0.39 is 0 Å². The Kier molecular flexibility index (Phi) is 2.25. The van der Waals surface area contributed by atoms with Crippen LogP contribution in [0.2, 0.25) is 0 Å². The topological polar surface area (TPSA) is 13.1 Å². The van der Waals surface area contributed by atoms with Crippen molar-refractivity contribution in [2.24, 2.45) is 0 Å². The van der Waals surface area contributed by atoms with E-state index in [-0.39, 0.29) is 0 Å². The standard InChI is InChI=1S/C14H11BrO/c1-2-9-4-3-5-13-14(9)11-8-10(15)6-7-12(11)16-13/h3-8H,2H2,1H3. The molecule has 0 N–H and O–H groups in total. The van der Waals surface area contributed by atoms with E-state index in [1.165, 1.54) is 16.3 Å². The van der Waals surface area contributed by atoms with Gasteiger partial charge in [0.15, 0.2) is 0 Å². The Hall–Kier alpha value is -1.28. The van der Waals surface area contributed by atoms with E-state index in [9.17, 15) is 0 Å². The van der Waals surface area contributed by atoms with Gasteiger partial charge in [0.25, 0.3) is 0 Å². The van der Waals surface area contributed by atoms with Gasteiger partial charge in [0.2, 0.25) is 0 Å². The molecule has 1 aromatic heterocycles. The predicted octanol–water partition coefficient (Wildman–Crippen LogP) is 4.91. The summed E-state index contributed by atoms with van der Waals surface area (Å²) in [6.07, 6.45) is 1.03. The van der Waals surface area contributed by atoms with E-state index in [1.807, 2.05) is 18.2 Å². The van der Waals surface area contributed by atoms with Crippen molar-refractivity contribution in [2.75, 3.05) is 0 Å². The molecule has 0 atom stereocenters. The Bertz CT molecular complexity index is 667. The third-order valence-electron chi connectivity index (χ3n) is 2.92. The van der Waals surface area contributed by atoms with Crippen LogP contribution in [-0.2, 0) is 6.42 Å². The van der Waals surface area contributed by atoms with Gasteiger partial charge in [-0.2, -0.15) is 0 Å².